The van der Waals surface area contributed by atoms with Gasteiger partial charge in [-0.3, -0.25) is 4.79 Å². The lowest BCUT2D eigenvalue weighted by molar-refractivity contribution is -0.117. The molecule has 1 aromatic carbocycles. The van der Waals surface area contributed by atoms with Crippen molar-refractivity contribution in [1.29, 1.82) is 0 Å². The van der Waals surface area contributed by atoms with E-state index >= 15 is 0 Å². The molecule has 6 heteroatoms. The van der Waals surface area contributed by atoms with Crippen LogP contribution in [0.4, 0.5) is 10.1 Å². The molecule has 0 aliphatic carbocycles. The average molecular weight is 224 g/mol. The summed E-state index contributed by atoms with van der Waals surface area (Å²) in [4.78, 5) is 11.6. The molecule has 0 radical (unpaired) electrons. The van der Waals surface area contributed by atoms with Crippen molar-refractivity contribution in [2.45, 2.75) is 13.0 Å². The van der Waals surface area contributed by atoms with Crippen molar-refractivity contribution in [2.75, 3.05) is 11.9 Å². The van der Waals surface area contributed by atoms with Crippen LogP contribution in [0, 0.1) is 12.7 Å². The van der Waals surface area contributed by atoms with Crippen LogP contribution in [0.5, 0.6) is 0 Å². The Balaban J connectivity index is 2.02. The summed E-state index contributed by atoms with van der Waals surface area (Å²) in [5, 5.41) is 2.63. The van der Waals surface area contributed by atoms with E-state index in [2.05, 4.69) is 21.7 Å². The summed E-state index contributed by atoms with van der Waals surface area (Å²) in [5.74, 6) is -0.533. The van der Waals surface area contributed by atoms with Gasteiger partial charge in [-0.05, 0) is 24.6 Å². The number of hydrogen-bond acceptors (Lipinski definition) is 4. The summed E-state index contributed by atoms with van der Waals surface area (Å²) < 4.78 is 13.2. The molecule has 1 aliphatic rings. The second-order valence-electron chi connectivity index (χ2n) is 3.66. The highest BCUT2D eigenvalue weighted by Gasteiger charge is 2.21. The molecule has 1 aliphatic heterocycles. The Morgan fingerprint density at radius 1 is 1.56 bits per heavy atom. The molecule has 0 saturated carbocycles. The Morgan fingerprint density at radius 2 is 2.38 bits per heavy atom. The Morgan fingerprint density at radius 3 is 3.00 bits per heavy atom. The summed E-state index contributed by atoms with van der Waals surface area (Å²) in [6, 6.07) is 4.25. The highest BCUT2D eigenvalue weighted by molar-refractivity contribution is 5.95. The molecule has 1 aromatic rings. The first kappa shape index (κ1) is 11.0. The predicted molar refractivity (Wildman–Crippen MR) is 57.8 cm³/mol. The van der Waals surface area contributed by atoms with Crippen LogP contribution in [-0.4, -0.2) is 18.5 Å². The number of carbonyl (C=O) groups excluding carboxylic acids is 1. The van der Waals surface area contributed by atoms with Gasteiger partial charge in [0.25, 0.3) is 0 Å². The molecule has 1 atom stereocenters. The summed E-state index contributed by atoms with van der Waals surface area (Å²) in [7, 11) is 0. The molecule has 4 N–H and O–H groups in total. The Labute approximate surface area is 92.4 Å². The smallest absolute Gasteiger partial charge is 0.244 e. The van der Waals surface area contributed by atoms with Gasteiger partial charge in [-0.25, -0.2) is 15.2 Å². The van der Waals surface area contributed by atoms with Gasteiger partial charge in [0.05, 0.1) is 0 Å². The second kappa shape index (κ2) is 4.56. The van der Waals surface area contributed by atoms with Crippen LogP contribution in [-0.2, 0) is 4.79 Å². The monoisotopic (exact) mass is 224 g/mol. The molecule has 1 unspecified atom stereocenters. The number of halogens is 1. The Bertz CT molecular complexity index is 404. The molecule has 1 amide bonds. The third kappa shape index (κ3) is 2.35. The van der Waals surface area contributed by atoms with Crippen LogP contribution < -0.4 is 21.7 Å². The van der Waals surface area contributed by atoms with Gasteiger partial charge >= 0.3 is 0 Å². The van der Waals surface area contributed by atoms with Crippen LogP contribution in [0.1, 0.15) is 5.56 Å². The zero-order valence-electron chi connectivity index (χ0n) is 8.80. The zero-order valence-corrected chi connectivity index (χ0v) is 8.80. The van der Waals surface area contributed by atoms with E-state index in [1.54, 1.807) is 19.1 Å². The van der Waals surface area contributed by atoms with E-state index in [4.69, 9.17) is 0 Å². The highest BCUT2D eigenvalue weighted by atomic mass is 19.1. The maximum Gasteiger partial charge on any atom is 0.244 e. The first-order valence-corrected chi connectivity index (χ1v) is 4.97. The minimum atomic E-state index is -0.357. The van der Waals surface area contributed by atoms with Gasteiger partial charge in [-0.15, -0.1) is 0 Å². The number of carbonyl (C=O) groups is 1. The van der Waals surface area contributed by atoms with Crippen LogP contribution in [0.25, 0.3) is 0 Å². The van der Waals surface area contributed by atoms with Crippen molar-refractivity contribution < 1.29 is 9.18 Å². The van der Waals surface area contributed by atoms with Crippen molar-refractivity contribution in [3.63, 3.8) is 0 Å². The molecular formula is C10H13FN4O. The second-order valence-corrected chi connectivity index (χ2v) is 3.66. The van der Waals surface area contributed by atoms with Gasteiger partial charge < -0.3 is 5.32 Å². The quantitative estimate of drug-likeness (QED) is 0.573. The minimum Gasteiger partial charge on any atom is -0.325 e. The number of nitrogens with one attached hydrogen (secondary N) is 4. The lowest BCUT2D eigenvalue weighted by Gasteiger charge is -2.10. The number of hydrazine groups is 2. The van der Waals surface area contributed by atoms with Crippen LogP contribution in [0.3, 0.4) is 0 Å². The predicted octanol–water partition coefficient (Wildman–Crippen LogP) is 0.0536. The molecule has 0 aromatic heterocycles. The lowest BCUT2D eigenvalue weighted by Crippen LogP contribution is -2.40. The maximum atomic E-state index is 13.2. The third-order valence-electron chi connectivity index (χ3n) is 2.40. The van der Waals surface area contributed by atoms with Crippen molar-refractivity contribution in [2.24, 2.45) is 0 Å². The number of hydrogen-bond donors (Lipinski definition) is 4. The summed E-state index contributed by atoms with van der Waals surface area (Å²) >= 11 is 0. The Hall–Kier alpha value is -1.50. The number of rotatable bonds is 2. The lowest BCUT2D eigenvalue weighted by atomic mass is 10.2. The Kier molecular flexibility index (Phi) is 3.14. The molecule has 2 rings (SSSR count). The van der Waals surface area contributed by atoms with Gasteiger partial charge in [0.1, 0.15) is 11.9 Å². The molecule has 86 valence electrons. The first-order valence-electron chi connectivity index (χ1n) is 4.97. The van der Waals surface area contributed by atoms with E-state index < -0.39 is 0 Å². The standard InChI is InChI=1S/C10H13FN4O/c1-6-2-3-7(4-8(6)11)13-10(16)9-5-12-15-14-9/h2-4,9,12,14-15H,5H2,1H3,(H,13,16). The first-order chi connectivity index (χ1) is 7.66. The molecule has 0 bridgehead atoms. The fourth-order valence-electron chi connectivity index (χ4n) is 1.40. The fraction of sp³-hybridized carbons (Fsp3) is 0.300. The van der Waals surface area contributed by atoms with Gasteiger partial charge in [0.2, 0.25) is 5.91 Å². The van der Waals surface area contributed by atoms with E-state index in [0.717, 1.165) is 0 Å². The summed E-state index contributed by atoms with van der Waals surface area (Å²) in [6.07, 6.45) is 0. The van der Waals surface area contributed by atoms with E-state index in [1.165, 1.54) is 6.07 Å². The topological polar surface area (TPSA) is 65.2 Å². The van der Waals surface area contributed by atoms with E-state index in [0.29, 0.717) is 17.8 Å². The largest absolute Gasteiger partial charge is 0.325 e. The summed E-state index contributed by atoms with van der Waals surface area (Å²) in [5.41, 5.74) is 9.14. The van der Waals surface area contributed by atoms with Crippen molar-refractivity contribution in [1.82, 2.24) is 16.4 Å². The van der Waals surface area contributed by atoms with E-state index in [-0.39, 0.29) is 17.8 Å². The van der Waals surface area contributed by atoms with Gasteiger partial charge in [0, 0.05) is 12.2 Å². The van der Waals surface area contributed by atoms with Crippen LogP contribution in [0.2, 0.25) is 0 Å². The van der Waals surface area contributed by atoms with Crippen LogP contribution >= 0.6 is 0 Å². The minimum absolute atomic E-state index is 0.208. The SMILES string of the molecule is Cc1ccc(NC(=O)C2CNNN2)cc1F. The summed E-state index contributed by atoms with van der Waals surface area (Å²) in [6.45, 7) is 2.16. The van der Waals surface area contributed by atoms with Gasteiger partial charge in [-0.1, -0.05) is 6.07 Å². The van der Waals surface area contributed by atoms with Gasteiger partial charge in [-0.2, -0.15) is 5.53 Å². The van der Waals surface area contributed by atoms with Crippen molar-refractivity contribution in [3.8, 4) is 0 Å². The number of anilines is 1. The van der Waals surface area contributed by atoms with E-state index in [9.17, 15) is 9.18 Å². The van der Waals surface area contributed by atoms with Crippen molar-refractivity contribution in [3.05, 3.63) is 29.6 Å². The van der Waals surface area contributed by atoms with Crippen LogP contribution in [0.15, 0.2) is 18.2 Å². The highest BCUT2D eigenvalue weighted by Crippen LogP contribution is 2.13. The molecule has 1 heterocycles. The van der Waals surface area contributed by atoms with Crippen molar-refractivity contribution >= 4 is 11.6 Å². The fourth-order valence-corrected chi connectivity index (χ4v) is 1.40. The molecule has 0 spiro atoms. The average Bonchev–Trinajstić information content (AvgIpc) is 2.77. The maximum absolute atomic E-state index is 13.2. The molecule has 16 heavy (non-hydrogen) atoms. The molecule has 1 saturated heterocycles. The number of aryl methyl sites for hydroxylation is 1. The van der Waals surface area contributed by atoms with Gasteiger partial charge in [0.15, 0.2) is 0 Å². The number of benzene rings is 1. The molecule has 1 fully saturated rings. The van der Waals surface area contributed by atoms with E-state index in [1.807, 2.05) is 0 Å². The molecular weight excluding hydrogens is 211 g/mol. The number of amides is 1. The molecule has 5 nitrogen and oxygen atoms in total. The normalized spacial score (nSPS) is 19.8. The third-order valence-corrected chi connectivity index (χ3v) is 2.40. The zero-order chi connectivity index (χ0) is 11.5.